The zero-order valence-corrected chi connectivity index (χ0v) is 16.6. The minimum Gasteiger partial charge on any atom is -0.477 e. The predicted molar refractivity (Wildman–Crippen MR) is 105 cm³/mol. The number of rotatable bonds is 6. The van der Waals surface area contributed by atoms with E-state index in [1.165, 1.54) is 11.3 Å². The molecule has 1 saturated carbocycles. The number of ether oxygens (including phenoxy) is 1. The molecule has 0 N–H and O–H groups in total. The van der Waals surface area contributed by atoms with Crippen LogP contribution in [0.25, 0.3) is 0 Å². The van der Waals surface area contributed by atoms with E-state index in [2.05, 4.69) is 31.2 Å². The minimum atomic E-state index is 0.377. The third kappa shape index (κ3) is 3.92. The Hall–Kier alpha value is -3.12. The average Bonchev–Trinajstić information content (AvgIpc) is 3.36. The van der Waals surface area contributed by atoms with Crippen LogP contribution >= 0.6 is 11.3 Å². The first-order valence-electron chi connectivity index (χ1n) is 8.92. The number of aryl methyl sites for hydroxylation is 2. The van der Waals surface area contributed by atoms with Crippen LogP contribution in [-0.4, -0.2) is 38.8 Å². The van der Waals surface area contributed by atoms with E-state index in [0.29, 0.717) is 35.7 Å². The monoisotopic (exact) mass is 393 g/mol. The van der Waals surface area contributed by atoms with Crippen LogP contribution in [-0.2, 0) is 0 Å². The van der Waals surface area contributed by atoms with Crippen molar-refractivity contribution in [2.75, 3.05) is 18.6 Å². The van der Waals surface area contributed by atoms with Gasteiger partial charge in [0.1, 0.15) is 22.7 Å². The highest BCUT2D eigenvalue weighted by Gasteiger charge is 2.40. The maximum absolute atomic E-state index is 8.87. The van der Waals surface area contributed by atoms with E-state index in [4.69, 9.17) is 10.00 Å². The summed E-state index contributed by atoms with van der Waals surface area (Å²) in [5.41, 5.74) is 1.59. The van der Waals surface area contributed by atoms with Crippen molar-refractivity contribution in [1.29, 1.82) is 5.26 Å². The topological polar surface area (TPSA) is 101 Å². The molecule has 1 aliphatic carbocycles. The van der Waals surface area contributed by atoms with Crippen LogP contribution in [0, 0.1) is 31.1 Å². The van der Waals surface area contributed by atoms with Gasteiger partial charge in [0.15, 0.2) is 0 Å². The Morgan fingerprint density at radius 2 is 2.14 bits per heavy atom. The van der Waals surface area contributed by atoms with Crippen molar-refractivity contribution in [2.45, 2.75) is 26.2 Å². The van der Waals surface area contributed by atoms with Gasteiger partial charge < -0.3 is 9.64 Å². The maximum Gasteiger partial charge on any atom is 0.218 e. The minimum absolute atomic E-state index is 0.377. The molecule has 3 aromatic rings. The molecule has 1 aliphatic rings. The number of nitriles is 1. The van der Waals surface area contributed by atoms with Crippen LogP contribution in [0.3, 0.4) is 0 Å². The molecule has 0 aliphatic heterocycles. The molecule has 0 spiro atoms. The summed E-state index contributed by atoms with van der Waals surface area (Å²) in [4.78, 5) is 15.1. The van der Waals surface area contributed by atoms with Gasteiger partial charge in [0, 0.05) is 36.8 Å². The lowest BCUT2D eigenvalue weighted by atomic mass is 10.2. The number of hydrogen-bond acceptors (Lipinski definition) is 9. The van der Waals surface area contributed by atoms with Gasteiger partial charge in [-0.25, -0.2) is 4.98 Å². The normalized spacial score (nSPS) is 17.8. The Morgan fingerprint density at radius 3 is 2.82 bits per heavy atom. The Morgan fingerprint density at radius 1 is 1.29 bits per heavy atom. The van der Waals surface area contributed by atoms with E-state index >= 15 is 0 Å². The highest BCUT2D eigenvalue weighted by Crippen LogP contribution is 2.46. The molecule has 28 heavy (non-hydrogen) atoms. The number of nitrogens with zero attached hydrogens (tertiary/aromatic N) is 7. The maximum atomic E-state index is 8.87. The van der Waals surface area contributed by atoms with Crippen molar-refractivity contribution in [3.05, 3.63) is 46.5 Å². The molecule has 0 bridgehead atoms. The zero-order chi connectivity index (χ0) is 19.7. The first kappa shape index (κ1) is 18.3. The van der Waals surface area contributed by atoms with Crippen molar-refractivity contribution in [3.63, 3.8) is 0 Å². The summed E-state index contributed by atoms with van der Waals surface area (Å²) in [5.74, 6) is 2.69. The van der Waals surface area contributed by atoms with Crippen LogP contribution in [0.5, 0.6) is 5.88 Å². The molecule has 0 aromatic carbocycles. The summed E-state index contributed by atoms with van der Waals surface area (Å²) in [6.07, 6.45) is 2.65. The third-order valence-corrected chi connectivity index (χ3v) is 5.53. The molecule has 3 aromatic heterocycles. The quantitative estimate of drug-likeness (QED) is 0.629. The van der Waals surface area contributed by atoms with E-state index in [1.54, 1.807) is 6.20 Å². The van der Waals surface area contributed by atoms with E-state index in [9.17, 15) is 0 Å². The second kappa shape index (κ2) is 7.48. The van der Waals surface area contributed by atoms with Gasteiger partial charge >= 0.3 is 0 Å². The van der Waals surface area contributed by atoms with Gasteiger partial charge in [-0.1, -0.05) is 11.3 Å². The van der Waals surface area contributed by atoms with Gasteiger partial charge in [-0.05, 0) is 32.4 Å². The molecule has 3 heterocycles. The molecular weight excluding hydrogens is 374 g/mol. The zero-order valence-electron chi connectivity index (χ0n) is 15.8. The summed E-state index contributed by atoms with van der Waals surface area (Å²) >= 11 is 1.51. The van der Waals surface area contributed by atoms with Crippen molar-refractivity contribution < 1.29 is 4.74 Å². The number of aromatic nitrogens is 5. The van der Waals surface area contributed by atoms with E-state index in [1.807, 2.05) is 44.0 Å². The molecule has 2 atom stereocenters. The molecular formula is C19H19N7OS. The Labute approximate surface area is 166 Å². The lowest BCUT2D eigenvalue weighted by Crippen LogP contribution is -2.13. The molecule has 2 unspecified atom stereocenters. The fraction of sp³-hybridized carbons (Fsp3) is 0.368. The van der Waals surface area contributed by atoms with E-state index in [0.717, 1.165) is 28.1 Å². The van der Waals surface area contributed by atoms with Gasteiger partial charge in [0.2, 0.25) is 11.0 Å². The summed E-state index contributed by atoms with van der Waals surface area (Å²) in [7, 11) is 1.90. The molecule has 0 radical (unpaired) electrons. The molecule has 142 valence electrons. The molecule has 9 heteroatoms. The summed E-state index contributed by atoms with van der Waals surface area (Å²) in [5, 5.41) is 18.8. The number of hydrogen-bond donors (Lipinski definition) is 0. The number of anilines is 2. The fourth-order valence-electron chi connectivity index (χ4n) is 2.97. The number of pyridine rings is 1. The molecule has 4 rings (SSSR count). The van der Waals surface area contributed by atoms with Crippen molar-refractivity contribution in [1.82, 2.24) is 25.1 Å². The van der Waals surface area contributed by atoms with Gasteiger partial charge in [-0.15, -0.1) is 10.2 Å². The van der Waals surface area contributed by atoms with Crippen LogP contribution in [0.4, 0.5) is 10.9 Å². The predicted octanol–water partition coefficient (Wildman–Crippen LogP) is 3.16. The summed E-state index contributed by atoms with van der Waals surface area (Å²) < 4.78 is 5.95. The Balaban J connectivity index is 1.40. The largest absolute Gasteiger partial charge is 0.477 e. The van der Waals surface area contributed by atoms with E-state index < -0.39 is 0 Å². The van der Waals surface area contributed by atoms with Gasteiger partial charge in [0.05, 0.1) is 12.2 Å². The Bertz CT molecular complexity index is 1030. The standard InChI is InChI=1S/C19H19N7OS/c1-11-22-17(26(3)19-25-24-12(2)28-19)7-18(23-11)27-10-14-6-15(14)16-5-4-13(8-20)9-21-16/h4-5,7,9,14-15H,6,10H2,1-3H3. The van der Waals surface area contributed by atoms with Gasteiger partial charge in [-0.3, -0.25) is 4.98 Å². The second-order valence-corrected chi connectivity index (χ2v) is 7.93. The van der Waals surface area contributed by atoms with E-state index in [-0.39, 0.29) is 0 Å². The van der Waals surface area contributed by atoms with Crippen LogP contribution < -0.4 is 9.64 Å². The second-order valence-electron chi connectivity index (χ2n) is 6.77. The SMILES string of the molecule is Cc1nc(OCC2CC2c2ccc(C#N)cn2)cc(N(C)c2nnc(C)s2)n1. The van der Waals surface area contributed by atoms with Crippen LogP contribution in [0.1, 0.15) is 34.4 Å². The van der Waals surface area contributed by atoms with Crippen molar-refractivity contribution in [3.8, 4) is 11.9 Å². The lowest BCUT2D eigenvalue weighted by Gasteiger charge is -2.15. The van der Waals surface area contributed by atoms with Crippen molar-refractivity contribution >= 4 is 22.3 Å². The van der Waals surface area contributed by atoms with Gasteiger partial charge in [0.25, 0.3) is 0 Å². The molecule has 1 fully saturated rings. The Kier molecular flexibility index (Phi) is 4.88. The molecule has 0 saturated heterocycles. The molecule has 0 amide bonds. The third-order valence-electron chi connectivity index (χ3n) is 4.61. The fourth-order valence-corrected chi connectivity index (χ4v) is 3.63. The smallest absolute Gasteiger partial charge is 0.218 e. The molecule has 8 nitrogen and oxygen atoms in total. The highest BCUT2D eigenvalue weighted by molar-refractivity contribution is 7.15. The van der Waals surface area contributed by atoms with Crippen LogP contribution in [0.2, 0.25) is 0 Å². The first-order valence-corrected chi connectivity index (χ1v) is 9.73. The average molecular weight is 393 g/mol. The highest BCUT2D eigenvalue weighted by atomic mass is 32.1. The van der Waals surface area contributed by atoms with Gasteiger partial charge in [-0.2, -0.15) is 10.2 Å². The lowest BCUT2D eigenvalue weighted by molar-refractivity contribution is 0.284. The van der Waals surface area contributed by atoms with Crippen molar-refractivity contribution in [2.24, 2.45) is 5.92 Å². The van der Waals surface area contributed by atoms with Crippen LogP contribution in [0.15, 0.2) is 24.4 Å². The first-order chi connectivity index (χ1) is 13.5. The summed E-state index contributed by atoms with van der Waals surface area (Å²) in [6, 6.07) is 7.65. The summed E-state index contributed by atoms with van der Waals surface area (Å²) in [6.45, 7) is 4.34.